The molecule has 0 radical (unpaired) electrons. The Kier molecular flexibility index (Phi) is 7.42. The number of aromatic nitrogens is 1. The SMILES string of the molecule is CCOC(=O)[C@@H](OC(C)(C)C)c1c(C)cc2nc(C(F)F)sc2c1OS(=O)(=O)C(F)(F)F. The van der Waals surface area contributed by atoms with Crippen molar-refractivity contribution in [3.8, 4) is 5.75 Å². The highest BCUT2D eigenvalue weighted by atomic mass is 32.2. The average molecular weight is 505 g/mol. The summed E-state index contributed by atoms with van der Waals surface area (Å²) in [4.78, 5) is 16.3. The molecule has 1 atom stereocenters. The molecule has 14 heteroatoms. The summed E-state index contributed by atoms with van der Waals surface area (Å²) in [5, 5.41) is -0.768. The summed E-state index contributed by atoms with van der Waals surface area (Å²) in [5.74, 6) is -2.00. The molecule has 32 heavy (non-hydrogen) atoms. The molecule has 2 aromatic rings. The van der Waals surface area contributed by atoms with E-state index in [-0.39, 0.29) is 29.0 Å². The van der Waals surface area contributed by atoms with Crippen molar-refractivity contribution in [2.24, 2.45) is 0 Å². The van der Waals surface area contributed by atoms with Gasteiger partial charge in [0, 0.05) is 5.56 Å². The highest BCUT2D eigenvalue weighted by Gasteiger charge is 2.50. The molecule has 1 aromatic heterocycles. The zero-order chi connectivity index (χ0) is 24.6. The summed E-state index contributed by atoms with van der Waals surface area (Å²) >= 11 is 0.241. The van der Waals surface area contributed by atoms with Crippen LogP contribution in [0.1, 0.15) is 56.4 Å². The number of hydrogen-bond acceptors (Lipinski definition) is 8. The number of carbonyl (C=O) groups excluding carboxylic acids is 1. The molecule has 0 aliphatic carbocycles. The first-order valence-corrected chi connectivity index (χ1v) is 11.3. The number of alkyl halides is 5. The van der Waals surface area contributed by atoms with Gasteiger partial charge in [0.2, 0.25) is 0 Å². The molecule has 0 saturated carbocycles. The normalized spacial score (nSPS) is 14.1. The van der Waals surface area contributed by atoms with E-state index in [0.717, 1.165) is 0 Å². The van der Waals surface area contributed by atoms with Gasteiger partial charge in [-0.2, -0.15) is 21.6 Å². The van der Waals surface area contributed by atoms with Gasteiger partial charge in [-0.15, -0.1) is 11.3 Å². The number of ether oxygens (including phenoxy) is 2. The maximum absolute atomic E-state index is 13.2. The second-order valence-electron chi connectivity index (χ2n) is 7.48. The lowest BCUT2D eigenvalue weighted by molar-refractivity contribution is -0.167. The van der Waals surface area contributed by atoms with E-state index in [2.05, 4.69) is 9.17 Å². The Balaban J connectivity index is 2.90. The number of aryl methyl sites for hydroxylation is 1. The third-order valence-electron chi connectivity index (χ3n) is 3.80. The fraction of sp³-hybridized carbons (Fsp3) is 0.556. The summed E-state index contributed by atoms with van der Waals surface area (Å²) in [6.45, 7) is 7.31. The topological polar surface area (TPSA) is 91.8 Å². The molecule has 180 valence electrons. The molecule has 2 rings (SSSR count). The summed E-state index contributed by atoms with van der Waals surface area (Å²) in [5.41, 5.74) is -7.46. The molecule has 0 saturated heterocycles. The van der Waals surface area contributed by atoms with Gasteiger partial charge in [0.1, 0.15) is 0 Å². The van der Waals surface area contributed by atoms with Gasteiger partial charge in [0.05, 0.1) is 22.4 Å². The van der Waals surface area contributed by atoms with Crippen LogP contribution in [0.4, 0.5) is 22.0 Å². The number of carbonyl (C=O) groups is 1. The van der Waals surface area contributed by atoms with Crippen molar-refractivity contribution < 1.29 is 48.8 Å². The predicted molar refractivity (Wildman–Crippen MR) is 105 cm³/mol. The Morgan fingerprint density at radius 1 is 1.22 bits per heavy atom. The smallest absolute Gasteiger partial charge is 0.464 e. The minimum absolute atomic E-state index is 0.0262. The monoisotopic (exact) mass is 505 g/mol. The minimum Gasteiger partial charge on any atom is -0.464 e. The minimum atomic E-state index is -6.22. The molecule has 7 nitrogen and oxygen atoms in total. The Morgan fingerprint density at radius 2 is 1.81 bits per heavy atom. The maximum Gasteiger partial charge on any atom is 0.534 e. The molecule has 0 fully saturated rings. The number of halogens is 5. The van der Waals surface area contributed by atoms with Crippen molar-refractivity contribution in [1.82, 2.24) is 4.98 Å². The van der Waals surface area contributed by atoms with Gasteiger partial charge in [0.25, 0.3) is 6.43 Å². The van der Waals surface area contributed by atoms with Crippen LogP contribution in [0.5, 0.6) is 5.75 Å². The number of nitrogens with zero attached hydrogens (tertiary/aromatic N) is 1. The molecular weight excluding hydrogens is 485 g/mol. The molecular formula is C18H20F5NO6S2. The first-order chi connectivity index (χ1) is 14.5. The first kappa shape index (κ1) is 26.2. The Hall–Kier alpha value is -2.06. The third-order valence-corrected chi connectivity index (χ3v) is 5.83. The summed E-state index contributed by atoms with van der Waals surface area (Å²) in [6, 6.07) is 1.22. The molecule has 1 aromatic carbocycles. The van der Waals surface area contributed by atoms with Crippen LogP contribution in [0.3, 0.4) is 0 Å². The molecule has 1 heterocycles. The van der Waals surface area contributed by atoms with Crippen molar-refractivity contribution in [1.29, 1.82) is 0 Å². The van der Waals surface area contributed by atoms with Crippen LogP contribution in [0.25, 0.3) is 10.2 Å². The maximum atomic E-state index is 13.2. The van der Waals surface area contributed by atoms with E-state index in [4.69, 9.17) is 9.47 Å². The van der Waals surface area contributed by atoms with Crippen molar-refractivity contribution >= 4 is 37.6 Å². The van der Waals surface area contributed by atoms with E-state index in [0.29, 0.717) is 0 Å². The Bertz CT molecular complexity index is 1110. The van der Waals surface area contributed by atoms with Gasteiger partial charge in [0.15, 0.2) is 16.9 Å². The Morgan fingerprint density at radius 3 is 2.28 bits per heavy atom. The van der Waals surface area contributed by atoms with E-state index in [1.165, 1.54) is 19.9 Å². The van der Waals surface area contributed by atoms with Crippen LogP contribution >= 0.6 is 11.3 Å². The van der Waals surface area contributed by atoms with E-state index in [1.807, 2.05) is 0 Å². The van der Waals surface area contributed by atoms with E-state index in [9.17, 15) is 35.2 Å². The third kappa shape index (κ3) is 5.64. The van der Waals surface area contributed by atoms with E-state index >= 15 is 0 Å². The summed E-state index contributed by atoms with van der Waals surface area (Å²) in [6.07, 6.45) is -4.79. The van der Waals surface area contributed by atoms with Crippen LogP contribution in [0.15, 0.2) is 6.07 Å². The number of esters is 1. The molecule has 0 amide bonds. The molecule has 0 spiro atoms. The molecule has 0 aliphatic rings. The van der Waals surface area contributed by atoms with Crippen molar-refractivity contribution in [2.75, 3.05) is 6.61 Å². The lowest BCUT2D eigenvalue weighted by atomic mass is 10.0. The van der Waals surface area contributed by atoms with Crippen LogP contribution in [0.2, 0.25) is 0 Å². The molecule has 0 unspecified atom stereocenters. The van der Waals surface area contributed by atoms with Crippen LogP contribution < -0.4 is 4.18 Å². The zero-order valence-electron chi connectivity index (χ0n) is 17.5. The lowest BCUT2D eigenvalue weighted by Gasteiger charge is -2.28. The van der Waals surface area contributed by atoms with Gasteiger partial charge >= 0.3 is 21.6 Å². The van der Waals surface area contributed by atoms with E-state index in [1.54, 1.807) is 20.8 Å². The quantitative estimate of drug-likeness (QED) is 0.221. The van der Waals surface area contributed by atoms with Gasteiger partial charge in [-0.25, -0.2) is 18.6 Å². The Labute approximate surface area is 184 Å². The van der Waals surface area contributed by atoms with Crippen molar-refractivity contribution in [2.45, 2.75) is 58.3 Å². The number of benzene rings is 1. The highest BCUT2D eigenvalue weighted by Crippen LogP contribution is 2.45. The second kappa shape index (κ2) is 9.06. The standard InChI is InChI=1S/C18H20F5NO6S2/c1-6-28-16(25)12(29-17(3,4)5)10-8(2)7-9-13(31-15(24-9)14(19)20)11(10)30-32(26,27)18(21,22)23/h7,12,14H,6H2,1-5H3/t12-/m0/s1. The number of fused-ring (bicyclic) bond motifs is 1. The lowest BCUT2D eigenvalue weighted by Crippen LogP contribution is -2.31. The van der Waals surface area contributed by atoms with Crippen molar-refractivity contribution in [3.05, 3.63) is 22.2 Å². The molecule has 0 N–H and O–H groups in total. The van der Waals surface area contributed by atoms with Crippen LogP contribution in [-0.4, -0.2) is 37.1 Å². The predicted octanol–water partition coefficient (Wildman–Crippen LogP) is 5.19. The van der Waals surface area contributed by atoms with Crippen LogP contribution in [0, 0.1) is 6.92 Å². The highest BCUT2D eigenvalue weighted by molar-refractivity contribution is 7.88. The fourth-order valence-corrected chi connectivity index (χ4v) is 4.08. The van der Waals surface area contributed by atoms with Gasteiger partial charge in [-0.1, -0.05) is 0 Å². The molecule has 0 aliphatic heterocycles. The second-order valence-corrected chi connectivity index (χ2v) is 10.1. The fourth-order valence-electron chi connectivity index (χ4n) is 2.65. The first-order valence-electron chi connectivity index (χ1n) is 9.05. The van der Waals surface area contributed by atoms with Crippen LogP contribution in [-0.2, 0) is 24.4 Å². The number of hydrogen-bond donors (Lipinski definition) is 0. The van der Waals surface area contributed by atoms with Gasteiger partial charge in [-0.3, -0.25) is 0 Å². The summed E-state index contributed by atoms with van der Waals surface area (Å²) < 4.78 is 104. The van der Waals surface area contributed by atoms with E-state index < -0.39 is 60.7 Å². The van der Waals surface area contributed by atoms with Gasteiger partial charge < -0.3 is 13.7 Å². The number of thiazole rings is 1. The molecule has 0 bridgehead atoms. The summed E-state index contributed by atoms with van der Waals surface area (Å²) in [7, 11) is -6.22. The number of rotatable bonds is 7. The zero-order valence-corrected chi connectivity index (χ0v) is 19.2. The van der Waals surface area contributed by atoms with Gasteiger partial charge in [-0.05, 0) is 46.2 Å². The van der Waals surface area contributed by atoms with Crippen molar-refractivity contribution in [3.63, 3.8) is 0 Å². The largest absolute Gasteiger partial charge is 0.534 e. The average Bonchev–Trinajstić information content (AvgIpc) is 3.02.